The second-order valence-electron chi connectivity index (χ2n) is 4.08. The first kappa shape index (κ1) is 14.8. The molecule has 0 radical (unpaired) electrons. The number of benzene rings is 1. The van der Waals surface area contributed by atoms with Gasteiger partial charge >= 0.3 is 0 Å². The molecule has 1 rings (SSSR count). The Kier molecular flexibility index (Phi) is 6.17. The fourth-order valence-electron chi connectivity index (χ4n) is 1.26. The van der Waals surface area contributed by atoms with Crippen molar-refractivity contribution in [2.75, 3.05) is 7.11 Å². The first-order valence-electron chi connectivity index (χ1n) is 6.14. The van der Waals surface area contributed by atoms with E-state index >= 15 is 0 Å². The number of nitrogens with zero attached hydrogens (tertiary/aromatic N) is 1. The summed E-state index contributed by atoms with van der Waals surface area (Å²) in [6.45, 7) is 4.07. The normalized spacial score (nSPS) is 11.5. The summed E-state index contributed by atoms with van der Waals surface area (Å²) in [5.74, 6) is 3.01. The zero-order chi connectivity index (χ0) is 14.1. The van der Waals surface area contributed by atoms with Gasteiger partial charge in [-0.05, 0) is 24.1 Å². The van der Waals surface area contributed by atoms with Gasteiger partial charge in [0.2, 0.25) is 0 Å². The second kappa shape index (κ2) is 7.93. The van der Waals surface area contributed by atoms with E-state index in [0.29, 0.717) is 5.56 Å². The minimum atomic E-state index is -0.219. The fraction of sp³-hybridized carbons (Fsp3) is 0.333. The van der Waals surface area contributed by atoms with E-state index in [1.807, 2.05) is 13.0 Å². The minimum Gasteiger partial charge on any atom is -0.399 e. The molecule has 4 heteroatoms. The summed E-state index contributed by atoms with van der Waals surface area (Å²) in [4.78, 5) is 16.4. The number of hydrogen-bond donors (Lipinski definition) is 1. The predicted molar refractivity (Wildman–Crippen MR) is 75.7 cm³/mol. The number of carbonyl (C=O) groups excluding carboxylic acids is 1. The maximum Gasteiger partial charge on any atom is 0.262 e. The highest BCUT2D eigenvalue weighted by Crippen LogP contribution is 2.03. The molecule has 1 atom stereocenters. The smallest absolute Gasteiger partial charge is 0.262 e. The molecule has 0 saturated carbocycles. The van der Waals surface area contributed by atoms with Crippen LogP contribution in [0.5, 0.6) is 0 Å². The molecule has 0 heterocycles. The van der Waals surface area contributed by atoms with E-state index in [4.69, 9.17) is 0 Å². The molecule has 0 bridgehead atoms. The Morgan fingerprint density at radius 1 is 1.58 bits per heavy atom. The van der Waals surface area contributed by atoms with E-state index in [9.17, 15) is 4.79 Å². The lowest BCUT2D eigenvalue weighted by atomic mass is 10.1. The van der Waals surface area contributed by atoms with E-state index in [-0.39, 0.29) is 11.8 Å². The topological polar surface area (TPSA) is 50.7 Å². The summed E-state index contributed by atoms with van der Waals surface area (Å²) in [5, 5.41) is 6.23. The average molecular weight is 258 g/mol. The molecular weight excluding hydrogens is 240 g/mol. The molecule has 1 amide bonds. The second-order valence-corrected chi connectivity index (χ2v) is 4.08. The van der Waals surface area contributed by atoms with Crippen LogP contribution in [0.3, 0.4) is 0 Å². The molecule has 4 nitrogen and oxygen atoms in total. The van der Waals surface area contributed by atoms with Crippen molar-refractivity contribution < 1.29 is 9.63 Å². The minimum absolute atomic E-state index is 0.219. The molecule has 0 aliphatic carbocycles. The van der Waals surface area contributed by atoms with Gasteiger partial charge in [0, 0.05) is 17.5 Å². The van der Waals surface area contributed by atoms with E-state index in [0.717, 1.165) is 12.0 Å². The lowest BCUT2D eigenvalue weighted by Crippen LogP contribution is -2.18. The zero-order valence-electron chi connectivity index (χ0n) is 11.4. The SMILES string of the molecule is CCC(C)C#CNC(=O)c1cccc(C=NOC)c1. The number of amides is 1. The molecule has 19 heavy (non-hydrogen) atoms. The van der Waals surface area contributed by atoms with Gasteiger partial charge in [-0.1, -0.05) is 37.1 Å². The predicted octanol–water partition coefficient (Wildman–Crippen LogP) is 2.40. The van der Waals surface area contributed by atoms with Gasteiger partial charge in [0.15, 0.2) is 0 Å². The molecule has 1 aromatic rings. The van der Waals surface area contributed by atoms with Crippen molar-refractivity contribution in [2.24, 2.45) is 11.1 Å². The third kappa shape index (κ3) is 5.26. The van der Waals surface area contributed by atoms with Crippen molar-refractivity contribution in [3.63, 3.8) is 0 Å². The molecule has 1 N–H and O–H groups in total. The number of oxime groups is 1. The van der Waals surface area contributed by atoms with E-state index in [2.05, 4.69) is 34.2 Å². The quantitative estimate of drug-likeness (QED) is 0.390. The van der Waals surface area contributed by atoms with Crippen LogP contribution in [0.15, 0.2) is 29.4 Å². The van der Waals surface area contributed by atoms with Gasteiger partial charge in [-0.25, -0.2) is 0 Å². The highest BCUT2D eigenvalue weighted by Gasteiger charge is 2.03. The monoisotopic (exact) mass is 258 g/mol. The van der Waals surface area contributed by atoms with E-state index in [1.54, 1.807) is 24.4 Å². The van der Waals surface area contributed by atoms with Crippen molar-refractivity contribution in [3.8, 4) is 12.0 Å². The largest absolute Gasteiger partial charge is 0.399 e. The Labute approximate surface area is 113 Å². The summed E-state index contributed by atoms with van der Waals surface area (Å²) in [6, 6.07) is 9.76. The van der Waals surface area contributed by atoms with Gasteiger partial charge in [0.1, 0.15) is 7.11 Å². The molecule has 0 fully saturated rings. The maximum atomic E-state index is 11.9. The molecule has 100 valence electrons. The molecule has 0 saturated heterocycles. The molecule has 0 aliphatic heterocycles. The van der Waals surface area contributed by atoms with Crippen LogP contribution in [0.4, 0.5) is 0 Å². The van der Waals surface area contributed by atoms with Gasteiger partial charge in [-0.15, -0.1) is 0 Å². The number of carbonyl (C=O) groups is 1. The highest BCUT2D eigenvalue weighted by molar-refractivity contribution is 5.97. The van der Waals surface area contributed by atoms with Crippen LogP contribution in [-0.4, -0.2) is 19.2 Å². The first-order valence-corrected chi connectivity index (χ1v) is 6.14. The Balaban J connectivity index is 2.71. The molecule has 1 aromatic carbocycles. The Hall–Kier alpha value is -2.28. The summed E-state index contributed by atoms with van der Waals surface area (Å²) < 4.78 is 0. The van der Waals surface area contributed by atoms with Gasteiger partial charge in [-0.3, -0.25) is 10.1 Å². The standard InChI is InChI=1S/C15H18N2O2/c1-4-12(2)8-9-16-15(18)14-7-5-6-13(10-14)11-17-19-3/h5-7,10-12H,4H2,1-3H3,(H,16,18). The van der Waals surface area contributed by atoms with Crippen molar-refractivity contribution in [1.29, 1.82) is 0 Å². The molecule has 0 aliphatic rings. The van der Waals surface area contributed by atoms with Crippen molar-refractivity contribution in [3.05, 3.63) is 35.4 Å². The van der Waals surface area contributed by atoms with Gasteiger partial charge in [-0.2, -0.15) is 0 Å². The van der Waals surface area contributed by atoms with Gasteiger partial charge in [0.05, 0.1) is 6.21 Å². The lowest BCUT2D eigenvalue weighted by molar-refractivity contribution is 0.0973. The number of nitrogens with one attached hydrogen (secondary N) is 1. The molecule has 0 aromatic heterocycles. The number of rotatable bonds is 4. The summed E-state index contributed by atoms with van der Waals surface area (Å²) in [6.07, 6.45) is 2.51. The fourth-order valence-corrected chi connectivity index (χ4v) is 1.26. The van der Waals surface area contributed by atoms with Gasteiger partial charge < -0.3 is 4.84 Å². The lowest BCUT2D eigenvalue weighted by Gasteiger charge is -2.00. The molecular formula is C15H18N2O2. The van der Waals surface area contributed by atoms with Crippen LogP contribution in [-0.2, 0) is 4.84 Å². The van der Waals surface area contributed by atoms with Crippen LogP contribution < -0.4 is 5.32 Å². The van der Waals surface area contributed by atoms with Crippen molar-refractivity contribution in [2.45, 2.75) is 20.3 Å². The summed E-state index contributed by atoms with van der Waals surface area (Å²) >= 11 is 0. The third-order valence-electron chi connectivity index (χ3n) is 2.56. The van der Waals surface area contributed by atoms with Crippen LogP contribution in [0.2, 0.25) is 0 Å². The first-order chi connectivity index (χ1) is 9.17. The van der Waals surface area contributed by atoms with Crippen LogP contribution in [0.1, 0.15) is 36.2 Å². The van der Waals surface area contributed by atoms with Crippen molar-refractivity contribution >= 4 is 12.1 Å². The Morgan fingerprint density at radius 2 is 2.37 bits per heavy atom. The zero-order valence-corrected chi connectivity index (χ0v) is 11.4. The third-order valence-corrected chi connectivity index (χ3v) is 2.56. The highest BCUT2D eigenvalue weighted by atomic mass is 16.6. The number of hydrogen-bond acceptors (Lipinski definition) is 3. The maximum absolute atomic E-state index is 11.9. The van der Waals surface area contributed by atoms with Gasteiger partial charge in [0.25, 0.3) is 5.91 Å². The molecule has 1 unspecified atom stereocenters. The Morgan fingerprint density at radius 3 is 3.05 bits per heavy atom. The summed E-state index contributed by atoms with van der Waals surface area (Å²) in [7, 11) is 1.47. The molecule has 0 spiro atoms. The average Bonchev–Trinajstić information content (AvgIpc) is 2.45. The van der Waals surface area contributed by atoms with Crippen LogP contribution >= 0.6 is 0 Å². The summed E-state index contributed by atoms with van der Waals surface area (Å²) in [5.41, 5.74) is 1.34. The van der Waals surface area contributed by atoms with E-state index in [1.165, 1.54) is 7.11 Å². The Bertz CT molecular complexity index is 512. The van der Waals surface area contributed by atoms with Crippen LogP contribution in [0, 0.1) is 17.9 Å². The van der Waals surface area contributed by atoms with E-state index < -0.39 is 0 Å². The van der Waals surface area contributed by atoms with Crippen molar-refractivity contribution in [1.82, 2.24) is 5.32 Å². The van der Waals surface area contributed by atoms with Crippen LogP contribution in [0.25, 0.3) is 0 Å².